The minimum atomic E-state index is -0.828. The van der Waals surface area contributed by atoms with E-state index in [4.69, 9.17) is 9.73 Å². The van der Waals surface area contributed by atoms with E-state index in [9.17, 15) is 10.1 Å². The van der Waals surface area contributed by atoms with Crippen LogP contribution in [0.4, 0.5) is 11.4 Å². The average molecular weight is 440 g/mol. The molecule has 158 valence electrons. The molecule has 4 rings (SSSR count). The van der Waals surface area contributed by atoms with Crippen LogP contribution in [-0.4, -0.2) is 18.2 Å². The zero-order valence-electron chi connectivity index (χ0n) is 17.5. The Balaban J connectivity index is 1.80. The highest BCUT2D eigenvalue weighted by molar-refractivity contribution is 7.80. The number of rotatable bonds is 7. The Hall–Kier alpha value is -3.82. The Kier molecular flexibility index (Phi) is 6.69. The topological polar surface area (TPSA) is 64.7 Å². The summed E-state index contributed by atoms with van der Waals surface area (Å²) in [5, 5.41) is 14.8. The van der Waals surface area contributed by atoms with E-state index in [0.29, 0.717) is 11.3 Å². The van der Waals surface area contributed by atoms with Gasteiger partial charge in [-0.3, -0.25) is 15.1 Å². The summed E-state index contributed by atoms with van der Waals surface area (Å²) in [5.74, 6) is 0.533. The van der Waals surface area contributed by atoms with E-state index in [1.54, 1.807) is 12.3 Å². The Morgan fingerprint density at radius 2 is 1.44 bits per heavy atom. The van der Waals surface area contributed by atoms with Gasteiger partial charge in [-0.15, -0.1) is 0 Å². The molecule has 0 saturated carbocycles. The van der Waals surface area contributed by atoms with Crippen molar-refractivity contribution in [2.45, 2.75) is 0 Å². The summed E-state index contributed by atoms with van der Waals surface area (Å²) >= 11 is 0. The predicted octanol–water partition coefficient (Wildman–Crippen LogP) is 5.11. The summed E-state index contributed by atoms with van der Waals surface area (Å²) in [7, 11) is 0.710. The first-order valence-electron chi connectivity index (χ1n) is 10.0. The number of methoxy groups -OCH3 is 1. The SMILES string of the molecule is COc1ccc([N+](=O)[O-])cc1C=Nc1ccccc1P(c1ccccc1)c1ccccc1. The van der Waals surface area contributed by atoms with Gasteiger partial charge in [0, 0.05) is 29.2 Å². The van der Waals surface area contributed by atoms with E-state index in [1.807, 2.05) is 54.6 Å². The number of ether oxygens (including phenoxy) is 1. The van der Waals surface area contributed by atoms with Crippen LogP contribution in [0.3, 0.4) is 0 Å². The van der Waals surface area contributed by atoms with Crippen molar-refractivity contribution in [1.29, 1.82) is 0 Å². The monoisotopic (exact) mass is 440 g/mol. The van der Waals surface area contributed by atoms with Gasteiger partial charge in [0.2, 0.25) is 0 Å². The van der Waals surface area contributed by atoms with E-state index >= 15 is 0 Å². The number of aliphatic imine (C=N–C) groups is 1. The number of nitrogens with zero attached hydrogens (tertiary/aromatic N) is 2. The normalized spacial score (nSPS) is 11.1. The first-order chi connectivity index (χ1) is 15.7. The Bertz CT molecular complexity index is 1200. The fraction of sp³-hybridized carbons (Fsp3) is 0.0385. The molecule has 4 aromatic carbocycles. The molecular formula is C26H21N2O3P. The van der Waals surface area contributed by atoms with Gasteiger partial charge < -0.3 is 4.74 Å². The van der Waals surface area contributed by atoms with Crippen LogP contribution in [0, 0.1) is 10.1 Å². The lowest BCUT2D eigenvalue weighted by atomic mass is 10.2. The lowest BCUT2D eigenvalue weighted by molar-refractivity contribution is -0.384. The molecule has 0 amide bonds. The molecule has 0 unspecified atom stereocenters. The van der Waals surface area contributed by atoms with Crippen LogP contribution in [0.5, 0.6) is 5.75 Å². The number of hydrogen-bond acceptors (Lipinski definition) is 4. The Labute approximate surface area is 187 Å². The molecule has 0 spiro atoms. The molecule has 5 nitrogen and oxygen atoms in total. The summed E-state index contributed by atoms with van der Waals surface area (Å²) < 4.78 is 5.38. The molecule has 0 N–H and O–H groups in total. The van der Waals surface area contributed by atoms with Crippen molar-refractivity contribution in [3.8, 4) is 5.75 Å². The molecule has 0 aliphatic carbocycles. The van der Waals surface area contributed by atoms with E-state index in [1.165, 1.54) is 29.9 Å². The van der Waals surface area contributed by atoms with E-state index in [0.717, 1.165) is 11.0 Å². The Morgan fingerprint density at radius 3 is 2.03 bits per heavy atom. The van der Waals surface area contributed by atoms with E-state index < -0.39 is 12.8 Å². The van der Waals surface area contributed by atoms with Crippen molar-refractivity contribution in [2.24, 2.45) is 4.99 Å². The van der Waals surface area contributed by atoms with Gasteiger partial charge in [0.15, 0.2) is 0 Å². The van der Waals surface area contributed by atoms with Crippen molar-refractivity contribution in [3.05, 3.63) is 119 Å². The van der Waals surface area contributed by atoms with Gasteiger partial charge >= 0.3 is 0 Å². The highest BCUT2D eigenvalue weighted by atomic mass is 31.1. The third-order valence-corrected chi connectivity index (χ3v) is 7.41. The molecule has 0 aromatic heterocycles. The van der Waals surface area contributed by atoms with Crippen LogP contribution in [-0.2, 0) is 0 Å². The Morgan fingerprint density at radius 1 is 0.844 bits per heavy atom. The molecular weight excluding hydrogens is 419 g/mol. The highest BCUT2D eigenvalue weighted by Crippen LogP contribution is 2.36. The lowest BCUT2D eigenvalue weighted by Crippen LogP contribution is -2.20. The van der Waals surface area contributed by atoms with Crippen molar-refractivity contribution >= 4 is 41.4 Å². The van der Waals surface area contributed by atoms with Gasteiger partial charge in [-0.05, 0) is 30.7 Å². The minimum Gasteiger partial charge on any atom is -0.496 e. The second-order valence-corrected chi connectivity index (χ2v) is 9.12. The molecule has 4 aromatic rings. The summed E-state index contributed by atoms with van der Waals surface area (Å²) in [6.07, 6.45) is 1.63. The lowest BCUT2D eigenvalue weighted by Gasteiger charge is -2.20. The van der Waals surface area contributed by atoms with Crippen LogP contribution in [0.2, 0.25) is 0 Å². The molecule has 0 heterocycles. The maximum absolute atomic E-state index is 11.2. The smallest absolute Gasteiger partial charge is 0.270 e. The first-order valence-corrected chi connectivity index (χ1v) is 11.4. The molecule has 0 fully saturated rings. The first kappa shape index (κ1) is 21.4. The van der Waals surface area contributed by atoms with Crippen LogP contribution in [0.1, 0.15) is 5.56 Å². The van der Waals surface area contributed by atoms with Crippen molar-refractivity contribution in [3.63, 3.8) is 0 Å². The molecule has 0 aliphatic rings. The zero-order chi connectivity index (χ0) is 22.3. The van der Waals surface area contributed by atoms with Crippen molar-refractivity contribution in [1.82, 2.24) is 0 Å². The number of benzene rings is 4. The number of nitro benzene ring substituents is 1. The van der Waals surface area contributed by atoms with E-state index in [-0.39, 0.29) is 5.69 Å². The zero-order valence-corrected chi connectivity index (χ0v) is 18.4. The predicted molar refractivity (Wildman–Crippen MR) is 132 cm³/mol. The van der Waals surface area contributed by atoms with Gasteiger partial charge in [0.05, 0.1) is 17.7 Å². The molecule has 32 heavy (non-hydrogen) atoms. The third kappa shape index (κ3) is 4.74. The van der Waals surface area contributed by atoms with Crippen molar-refractivity contribution in [2.75, 3.05) is 7.11 Å². The van der Waals surface area contributed by atoms with Gasteiger partial charge in [-0.1, -0.05) is 78.9 Å². The molecule has 0 bridgehead atoms. The maximum Gasteiger partial charge on any atom is 0.270 e. The van der Waals surface area contributed by atoms with Crippen LogP contribution in [0.15, 0.2) is 108 Å². The molecule has 0 aliphatic heterocycles. The van der Waals surface area contributed by atoms with Gasteiger partial charge in [-0.25, -0.2) is 0 Å². The van der Waals surface area contributed by atoms with Gasteiger partial charge in [0.1, 0.15) is 5.75 Å². The largest absolute Gasteiger partial charge is 0.496 e. The van der Waals surface area contributed by atoms with Crippen molar-refractivity contribution < 1.29 is 9.66 Å². The summed E-state index contributed by atoms with van der Waals surface area (Å²) in [6, 6.07) is 33.3. The summed E-state index contributed by atoms with van der Waals surface area (Å²) in [5.41, 5.74) is 1.37. The van der Waals surface area contributed by atoms with Crippen LogP contribution in [0.25, 0.3) is 0 Å². The van der Waals surface area contributed by atoms with Crippen LogP contribution < -0.4 is 20.7 Å². The van der Waals surface area contributed by atoms with E-state index in [2.05, 4.69) is 30.3 Å². The molecule has 6 heteroatoms. The number of para-hydroxylation sites is 1. The fourth-order valence-electron chi connectivity index (χ4n) is 3.42. The number of non-ortho nitro benzene ring substituents is 1. The van der Waals surface area contributed by atoms with Gasteiger partial charge in [0.25, 0.3) is 5.69 Å². The van der Waals surface area contributed by atoms with Crippen LogP contribution >= 0.6 is 7.92 Å². The fourth-order valence-corrected chi connectivity index (χ4v) is 5.81. The highest BCUT2D eigenvalue weighted by Gasteiger charge is 2.19. The molecule has 0 atom stereocenters. The average Bonchev–Trinajstić information content (AvgIpc) is 2.84. The quantitative estimate of drug-likeness (QED) is 0.174. The summed E-state index contributed by atoms with van der Waals surface area (Å²) in [6.45, 7) is 0. The maximum atomic E-state index is 11.2. The number of nitro groups is 1. The summed E-state index contributed by atoms with van der Waals surface area (Å²) in [4.78, 5) is 15.5. The minimum absolute atomic E-state index is 0.00337. The third-order valence-electron chi connectivity index (χ3n) is 4.92. The van der Waals surface area contributed by atoms with Gasteiger partial charge in [-0.2, -0.15) is 0 Å². The second-order valence-electron chi connectivity index (χ2n) is 6.94. The standard InChI is InChI=1S/C26H21N2O3P/c1-31-25-17-16-21(28(29)30)18-20(25)19-27-24-14-8-9-15-26(24)32(22-10-4-2-5-11-22)23-12-6-3-7-13-23/h2-19H,1H3. The molecule has 0 saturated heterocycles. The number of hydrogen-bond donors (Lipinski definition) is 0. The second kappa shape index (κ2) is 9.99. The molecule has 0 radical (unpaired) electrons.